The van der Waals surface area contributed by atoms with Crippen LogP contribution in [-0.4, -0.2) is 39.3 Å². The van der Waals surface area contributed by atoms with Crippen LogP contribution >= 0.6 is 0 Å². The lowest BCUT2D eigenvalue weighted by molar-refractivity contribution is -0.141. The number of Topliss-reactive ketones (excluding diaryl/α,β-unsaturated/α-hetero) is 1. The summed E-state index contributed by atoms with van der Waals surface area (Å²) in [5.74, 6) is -2.18. The summed E-state index contributed by atoms with van der Waals surface area (Å²) in [5.41, 5.74) is -0.333. The van der Waals surface area contributed by atoms with Crippen LogP contribution in [0.3, 0.4) is 0 Å². The van der Waals surface area contributed by atoms with Crippen molar-refractivity contribution in [2.75, 3.05) is 6.61 Å². The van der Waals surface area contributed by atoms with Crippen LogP contribution in [0.1, 0.15) is 33.1 Å². The number of hydrogen-bond donors (Lipinski definition) is 3. The second-order valence-corrected chi connectivity index (χ2v) is 5.56. The van der Waals surface area contributed by atoms with E-state index in [1.165, 1.54) is 6.08 Å². The molecule has 0 aromatic rings. The van der Waals surface area contributed by atoms with Crippen LogP contribution in [0.4, 0.5) is 0 Å². The van der Waals surface area contributed by atoms with E-state index in [9.17, 15) is 14.7 Å². The van der Waals surface area contributed by atoms with E-state index in [4.69, 9.17) is 10.2 Å². The molecule has 0 spiro atoms. The Morgan fingerprint density at radius 1 is 1.60 bits per heavy atom. The predicted octanol–water partition coefficient (Wildman–Crippen LogP) is 1.30. The number of carboxylic acids is 1. The number of carbonyl (C=O) groups excluding carboxylic acids is 1. The van der Waals surface area contributed by atoms with Gasteiger partial charge < -0.3 is 15.3 Å². The number of aliphatic hydroxyl groups excluding tert-OH is 1. The molecular weight excluding hydrogens is 260 g/mol. The summed E-state index contributed by atoms with van der Waals surface area (Å²) < 4.78 is 0. The molecule has 0 saturated heterocycles. The van der Waals surface area contributed by atoms with Crippen molar-refractivity contribution in [3.05, 3.63) is 23.8 Å². The van der Waals surface area contributed by atoms with Gasteiger partial charge in [-0.2, -0.15) is 0 Å². The second-order valence-electron chi connectivity index (χ2n) is 5.56. The number of aliphatic hydroxyl groups is 2. The third kappa shape index (κ3) is 4.28. The molecule has 5 heteroatoms. The number of aliphatic carboxylic acids is 1. The first kappa shape index (κ1) is 16.6. The topological polar surface area (TPSA) is 94.8 Å². The number of carbonyl (C=O) groups is 2. The monoisotopic (exact) mass is 282 g/mol. The quantitative estimate of drug-likeness (QED) is 0.638. The summed E-state index contributed by atoms with van der Waals surface area (Å²) in [5, 5.41) is 28.1. The van der Waals surface area contributed by atoms with Crippen LogP contribution in [0, 0.1) is 11.8 Å². The molecule has 0 bridgehead atoms. The van der Waals surface area contributed by atoms with Crippen molar-refractivity contribution in [2.45, 2.75) is 38.7 Å². The number of allylic oxidation sites excluding steroid dienone is 2. The molecule has 0 radical (unpaired) electrons. The van der Waals surface area contributed by atoms with Gasteiger partial charge in [-0.05, 0) is 38.2 Å². The molecule has 3 N–H and O–H groups in total. The van der Waals surface area contributed by atoms with Gasteiger partial charge in [0.25, 0.3) is 0 Å². The van der Waals surface area contributed by atoms with Crippen LogP contribution in [0.15, 0.2) is 23.8 Å². The van der Waals surface area contributed by atoms with Crippen molar-refractivity contribution >= 4 is 11.8 Å². The Morgan fingerprint density at radius 2 is 2.25 bits per heavy atom. The van der Waals surface area contributed by atoms with E-state index in [1.807, 2.05) is 6.08 Å². The van der Waals surface area contributed by atoms with Gasteiger partial charge in [0.15, 0.2) is 5.78 Å². The Morgan fingerprint density at radius 3 is 2.75 bits per heavy atom. The molecule has 3 atom stereocenters. The molecule has 112 valence electrons. The van der Waals surface area contributed by atoms with Crippen LogP contribution in [0.2, 0.25) is 0 Å². The van der Waals surface area contributed by atoms with Gasteiger partial charge in [-0.15, -0.1) is 0 Å². The standard InChI is InChI=1S/C15H22O5/c1-10-5-6-12(8-13(10)17)15(2,20)7-3-4-11(9-16)14(18)19/h3-5,11-12,16,20H,6-9H2,1-2H3,(H,18,19)/b4-3+/t11?,12-,15-/m1/s1. The van der Waals surface area contributed by atoms with E-state index in [0.717, 1.165) is 5.57 Å². The summed E-state index contributed by atoms with van der Waals surface area (Å²) in [4.78, 5) is 22.4. The van der Waals surface area contributed by atoms with E-state index >= 15 is 0 Å². The van der Waals surface area contributed by atoms with Gasteiger partial charge in [-0.1, -0.05) is 18.2 Å². The molecule has 0 aromatic heterocycles. The molecule has 1 aliphatic rings. The molecule has 0 fully saturated rings. The predicted molar refractivity (Wildman–Crippen MR) is 74.1 cm³/mol. The van der Waals surface area contributed by atoms with Gasteiger partial charge in [-0.3, -0.25) is 9.59 Å². The molecule has 0 aliphatic heterocycles. The maximum Gasteiger partial charge on any atom is 0.312 e. The minimum absolute atomic E-state index is 0.0456. The van der Waals surface area contributed by atoms with Gasteiger partial charge in [0, 0.05) is 6.42 Å². The lowest BCUT2D eigenvalue weighted by atomic mass is 9.76. The highest BCUT2D eigenvalue weighted by Gasteiger charge is 2.34. The van der Waals surface area contributed by atoms with Crippen molar-refractivity contribution in [3.63, 3.8) is 0 Å². The lowest BCUT2D eigenvalue weighted by Gasteiger charge is -2.33. The van der Waals surface area contributed by atoms with E-state index in [0.29, 0.717) is 12.8 Å². The zero-order chi connectivity index (χ0) is 15.3. The molecular formula is C15H22O5. The molecule has 1 rings (SSSR count). The van der Waals surface area contributed by atoms with Crippen molar-refractivity contribution in [2.24, 2.45) is 11.8 Å². The smallest absolute Gasteiger partial charge is 0.312 e. The second kappa shape index (κ2) is 6.81. The first-order chi connectivity index (χ1) is 9.27. The van der Waals surface area contributed by atoms with E-state index < -0.39 is 24.1 Å². The Labute approximate surface area is 118 Å². The van der Waals surface area contributed by atoms with E-state index in [1.54, 1.807) is 19.9 Å². The molecule has 1 aliphatic carbocycles. The van der Waals surface area contributed by atoms with Crippen molar-refractivity contribution in [3.8, 4) is 0 Å². The maximum absolute atomic E-state index is 11.7. The highest BCUT2D eigenvalue weighted by molar-refractivity contribution is 5.95. The summed E-state index contributed by atoms with van der Waals surface area (Å²) in [6, 6.07) is 0. The Hall–Kier alpha value is -1.46. The zero-order valence-electron chi connectivity index (χ0n) is 11.9. The van der Waals surface area contributed by atoms with Gasteiger partial charge in [0.2, 0.25) is 0 Å². The fraction of sp³-hybridized carbons (Fsp3) is 0.600. The zero-order valence-corrected chi connectivity index (χ0v) is 11.9. The highest BCUT2D eigenvalue weighted by Crippen LogP contribution is 2.32. The number of carboxylic acid groups (broad SMARTS) is 1. The average Bonchev–Trinajstić information content (AvgIpc) is 2.37. The molecule has 0 heterocycles. The SMILES string of the molecule is CC1=CC[C@@H]([C@](C)(O)C/C=C/C(CO)C(=O)O)CC1=O. The fourth-order valence-corrected chi connectivity index (χ4v) is 2.23. The number of ketones is 1. The average molecular weight is 282 g/mol. The third-order valence-corrected chi connectivity index (χ3v) is 3.87. The molecule has 20 heavy (non-hydrogen) atoms. The minimum atomic E-state index is -1.10. The molecule has 0 amide bonds. The summed E-state index contributed by atoms with van der Waals surface area (Å²) in [7, 11) is 0. The summed E-state index contributed by atoms with van der Waals surface area (Å²) >= 11 is 0. The molecule has 0 aromatic carbocycles. The number of hydrogen-bond acceptors (Lipinski definition) is 4. The first-order valence-corrected chi connectivity index (χ1v) is 6.70. The summed E-state index contributed by atoms with van der Waals surface area (Å²) in [6.45, 7) is 2.95. The van der Waals surface area contributed by atoms with Crippen LogP contribution < -0.4 is 0 Å². The maximum atomic E-state index is 11.7. The van der Waals surface area contributed by atoms with Crippen molar-refractivity contribution < 1.29 is 24.9 Å². The third-order valence-electron chi connectivity index (χ3n) is 3.87. The Bertz CT molecular complexity index is 434. The Kier molecular flexibility index (Phi) is 5.65. The van der Waals surface area contributed by atoms with E-state index in [-0.39, 0.29) is 18.1 Å². The largest absolute Gasteiger partial charge is 0.481 e. The molecule has 1 unspecified atom stereocenters. The van der Waals surface area contributed by atoms with Gasteiger partial charge >= 0.3 is 5.97 Å². The van der Waals surface area contributed by atoms with Gasteiger partial charge in [0.05, 0.1) is 18.1 Å². The van der Waals surface area contributed by atoms with Crippen LogP contribution in [0.5, 0.6) is 0 Å². The van der Waals surface area contributed by atoms with Crippen LogP contribution in [0.25, 0.3) is 0 Å². The van der Waals surface area contributed by atoms with Gasteiger partial charge in [0.1, 0.15) is 0 Å². The summed E-state index contributed by atoms with van der Waals surface area (Å²) in [6.07, 6.45) is 5.98. The fourth-order valence-electron chi connectivity index (χ4n) is 2.23. The minimum Gasteiger partial charge on any atom is -0.481 e. The first-order valence-electron chi connectivity index (χ1n) is 6.70. The molecule has 5 nitrogen and oxygen atoms in total. The van der Waals surface area contributed by atoms with Gasteiger partial charge in [-0.25, -0.2) is 0 Å². The molecule has 0 saturated carbocycles. The highest BCUT2D eigenvalue weighted by atomic mass is 16.4. The number of rotatable bonds is 6. The van der Waals surface area contributed by atoms with E-state index in [2.05, 4.69) is 0 Å². The Balaban J connectivity index is 2.64. The normalized spacial score (nSPS) is 24.3. The lowest BCUT2D eigenvalue weighted by Crippen LogP contribution is -2.37. The van der Waals surface area contributed by atoms with Crippen molar-refractivity contribution in [1.82, 2.24) is 0 Å². The van der Waals surface area contributed by atoms with Crippen molar-refractivity contribution in [1.29, 1.82) is 0 Å². The van der Waals surface area contributed by atoms with Crippen LogP contribution in [-0.2, 0) is 9.59 Å².